The molecule has 9 nitrogen and oxygen atoms in total. The summed E-state index contributed by atoms with van der Waals surface area (Å²) in [6.45, 7) is 4.93. The van der Waals surface area contributed by atoms with E-state index in [2.05, 4.69) is 20.2 Å². The Morgan fingerprint density at radius 1 is 1.00 bits per heavy atom. The zero-order valence-corrected chi connectivity index (χ0v) is 23.9. The van der Waals surface area contributed by atoms with E-state index in [4.69, 9.17) is 5.73 Å². The quantitative estimate of drug-likeness (QED) is 0.274. The van der Waals surface area contributed by atoms with Crippen molar-refractivity contribution in [3.8, 4) is 11.1 Å². The molecule has 0 aliphatic carbocycles. The van der Waals surface area contributed by atoms with Crippen LogP contribution in [0.4, 0.5) is 10.1 Å². The Morgan fingerprint density at radius 3 is 2.51 bits per heavy atom. The number of anilines is 1. The second-order valence-corrected chi connectivity index (χ2v) is 10.9. The normalized spacial score (nSPS) is 13.9. The van der Waals surface area contributed by atoms with Crippen LogP contribution in [0.2, 0.25) is 0 Å². The number of pyridine rings is 1. The van der Waals surface area contributed by atoms with E-state index in [9.17, 15) is 18.8 Å². The molecule has 1 aliphatic rings. The highest BCUT2D eigenvalue weighted by molar-refractivity contribution is 6.17. The first-order valence-electron chi connectivity index (χ1n) is 14.1. The number of benzene rings is 3. The van der Waals surface area contributed by atoms with Crippen LogP contribution in [0.5, 0.6) is 0 Å². The number of rotatable bonds is 6. The van der Waals surface area contributed by atoms with Gasteiger partial charge >= 0.3 is 0 Å². The summed E-state index contributed by atoms with van der Waals surface area (Å²) in [4.78, 5) is 49.6. The van der Waals surface area contributed by atoms with Crippen LogP contribution in [0.15, 0.2) is 66.9 Å². The molecule has 1 fully saturated rings. The lowest BCUT2D eigenvalue weighted by molar-refractivity contribution is -0.117. The van der Waals surface area contributed by atoms with E-state index in [1.165, 1.54) is 12.1 Å². The van der Waals surface area contributed by atoms with Crippen molar-refractivity contribution in [2.45, 2.75) is 13.3 Å². The second-order valence-electron chi connectivity index (χ2n) is 10.9. The highest BCUT2D eigenvalue weighted by atomic mass is 19.1. The number of aromatic amines is 1. The third-order valence-electron chi connectivity index (χ3n) is 8.07. The fraction of sp³-hybridized carbons (Fsp3) is 0.212. The molecule has 1 aliphatic heterocycles. The van der Waals surface area contributed by atoms with E-state index in [0.29, 0.717) is 24.3 Å². The van der Waals surface area contributed by atoms with E-state index in [-0.39, 0.29) is 18.0 Å². The van der Waals surface area contributed by atoms with Crippen LogP contribution in [-0.2, 0) is 11.2 Å². The minimum Gasteiger partial charge on any atom is -0.369 e. The number of nitrogens with one attached hydrogen (secondary N) is 2. The molecule has 3 aromatic carbocycles. The van der Waals surface area contributed by atoms with Crippen LogP contribution >= 0.6 is 0 Å². The van der Waals surface area contributed by atoms with Gasteiger partial charge in [-0.05, 0) is 66.6 Å². The number of nitrogens with zero attached hydrogens (tertiary/aromatic N) is 3. The molecule has 5 aromatic rings. The Labute approximate surface area is 247 Å². The molecule has 0 spiro atoms. The van der Waals surface area contributed by atoms with E-state index >= 15 is 0 Å². The Hall–Kier alpha value is -5.09. The SMILES string of the molecule is Cc1c(NC(=O)c2ccc(F)cn2)cccc1-c1ccc(CC(N)=O)c2[nH]c3cc(C(=O)N4CCN(C)CC4)ccc3c12. The maximum atomic E-state index is 13.3. The van der Waals surface area contributed by atoms with Crippen LogP contribution in [-0.4, -0.2) is 70.7 Å². The molecule has 3 amide bonds. The lowest BCUT2D eigenvalue weighted by Gasteiger charge is -2.32. The van der Waals surface area contributed by atoms with Gasteiger partial charge in [-0.15, -0.1) is 0 Å². The first kappa shape index (κ1) is 28.0. The molecule has 0 unspecified atom stereocenters. The molecule has 2 aromatic heterocycles. The van der Waals surface area contributed by atoms with Gasteiger partial charge < -0.3 is 25.8 Å². The predicted molar refractivity (Wildman–Crippen MR) is 164 cm³/mol. The van der Waals surface area contributed by atoms with Gasteiger partial charge in [-0.3, -0.25) is 14.4 Å². The third-order valence-corrected chi connectivity index (χ3v) is 8.07. The summed E-state index contributed by atoms with van der Waals surface area (Å²) in [6.07, 6.45) is 1.06. The summed E-state index contributed by atoms with van der Waals surface area (Å²) in [6, 6.07) is 17.6. The van der Waals surface area contributed by atoms with Crippen molar-refractivity contribution in [3.63, 3.8) is 0 Å². The molecule has 0 radical (unpaired) electrons. The van der Waals surface area contributed by atoms with Gasteiger partial charge in [-0.2, -0.15) is 0 Å². The van der Waals surface area contributed by atoms with E-state index < -0.39 is 17.6 Å². The van der Waals surface area contributed by atoms with Crippen LogP contribution in [0.1, 0.15) is 32.0 Å². The molecule has 43 heavy (non-hydrogen) atoms. The Balaban J connectivity index is 1.43. The topological polar surface area (TPSA) is 124 Å². The van der Waals surface area contributed by atoms with E-state index in [1.54, 1.807) is 6.07 Å². The number of piperazine rings is 1. The number of hydrogen-bond acceptors (Lipinski definition) is 5. The van der Waals surface area contributed by atoms with Crippen LogP contribution < -0.4 is 11.1 Å². The number of hydrogen-bond donors (Lipinski definition) is 3. The molecule has 6 rings (SSSR count). The Bertz CT molecular complexity index is 1890. The number of halogens is 1. The number of fused-ring (bicyclic) bond motifs is 3. The number of primary amides is 1. The van der Waals surface area contributed by atoms with Gasteiger partial charge in [-0.25, -0.2) is 9.37 Å². The van der Waals surface area contributed by atoms with Crippen molar-refractivity contribution >= 4 is 45.2 Å². The summed E-state index contributed by atoms with van der Waals surface area (Å²) in [5.74, 6) is -1.44. The summed E-state index contributed by atoms with van der Waals surface area (Å²) >= 11 is 0. The molecular formula is C33H31FN6O3. The van der Waals surface area contributed by atoms with Crippen molar-refractivity contribution in [2.75, 3.05) is 38.5 Å². The Morgan fingerprint density at radius 2 is 1.79 bits per heavy atom. The van der Waals surface area contributed by atoms with E-state index in [1.807, 2.05) is 61.3 Å². The first-order valence-corrected chi connectivity index (χ1v) is 14.1. The minimum atomic E-state index is -0.520. The third kappa shape index (κ3) is 5.44. The van der Waals surface area contributed by atoms with Gasteiger partial charge in [0, 0.05) is 53.7 Å². The average molecular weight is 579 g/mol. The van der Waals surface area contributed by atoms with Crippen molar-refractivity contribution in [1.29, 1.82) is 0 Å². The number of nitrogens with two attached hydrogens (primary N) is 1. The van der Waals surface area contributed by atoms with Crippen LogP contribution in [0.3, 0.4) is 0 Å². The monoisotopic (exact) mass is 578 g/mol. The highest BCUT2D eigenvalue weighted by Crippen LogP contribution is 2.39. The summed E-state index contributed by atoms with van der Waals surface area (Å²) in [5, 5.41) is 4.68. The minimum absolute atomic E-state index is 0.0128. The largest absolute Gasteiger partial charge is 0.369 e. The van der Waals surface area contributed by atoms with Gasteiger partial charge in [0.05, 0.1) is 18.1 Å². The lowest BCUT2D eigenvalue weighted by atomic mass is 9.92. The number of likely N-dealkylation sites (N-methyl/N-ethyl adjacent to an activating group) is 1. The zero-order chi connectivity index (χ0) is 30.2. The first-order chi connectivity index (χ1) is 20.7. The zero-order valence-electron chi connectivity index (χ0n) is 23.9. The fourth-order valence-corrected chi connectivity index (χ4v) is 5.71. The Kier molecular flexibility index (Phi) is 7.37. The molecule has 0 atom stereocenters. The van der Waals surface area contributed by atoms with Crippen molar-refractivity contribution in [2.24, 2.45) is 5.73 Å². The van der Waals surface area contributed by atoms with Crippen LogP contribution in [0, 0.1) is 12.7 Å². The number of carbonyl (C=O) groups is 3. The number of carbonyl (C=O) groups excluding carboxylic acids is 3. The number of aromatic nitrogens is 2. The standard InChI is InChI=1S/C33H31FN6O3/c1-19-23(4-3-5-26(19)38-32(42)27-11-8-22(34)18-36-27)24-9-6-20(17-29(35)41)31-30(24)25-10-7-21(16-28(25)37-31)33(43)40-14-12-39(2)13-15-40/h3-11,16,18,37H,12-15,17H2,1-2H3,(H2,35,41)(H,38,42). The van der Waals surface area contributed by atoms with Gasteiger partial charge in [0.1, 0.15) is 11.5 Å². The molecule has 0 saturated carbocycles. The summed E-state index contributed by atoms with van der Waals surface area (Å²) in [7, 11) is 2.05. The predicted octanol–water partition coefficient (Wildman–Crippen LogP) is 4.50. The van der Waals surface area contributed by atoms with Gasteiger partial charge in [-0.1, -0.05) is 30.3 Å². The maximum absolute atomic E-state index is 13.3. The molecule has 218 valence electrons. The average Bonchev–Trinajstić information content (AvgIpc) is 3.38. The molecule has 1 saturated heterocycles. The number of amides is 3. The molecule has 4 N–H and O–H groups in total. The van der Waals surface area contributed by atoms with Crippen molar-refractivity contribution < 1.29 is 18.8 Å². The highest BCUT2D eigenvalue weighted by Gasteiger charge is 2.23. The van der Waals surface area contributed by atoms with Crippen molar-refractivity contribution in [3.05, 3.63) is 95.1 Å². The van der Waals surface area contributed by atoms with Gasteiger partial charge in [0.2, 0.25) is 5.91 Å². The summed E-state index contributed by atoms with van der Waals surface area (Å²) < 4.78 is 13.3. The molecular weight excluding hydrogens is 547 g/mol. The van der Waals surface area contributed by atoms with Crippen molar-refractivity contribution in [1.82, 2.24) is 19.8 Å². The smallest absolute Gasteiger partial charge is 0.274 e. The fourth-order valence-electron chi connectivity index (χ4n) is 5.71. The van der Waals surface area contributed by atoms with E-state index in [0.717, 1.165) is 63.3 Å². The molecule has 10 heteroatoms. The molecule has 3 heterocycles. The van der Waals surface area contributed by atoms with Crippen LogP contribution in [0.25, 0.3) is 32.9 Å². The van der Waals surface area contributed by atoms with Gasteiger partial charge in [0.15, 0.2) is 0 Å². The maximum Gasteiger partial charge on any atom is 0.274 e. The van der Waals surface area contributed by atoms with Gasteiger partial charge in [0.25, 0.3) is 11.8 Å². The number of H-pyrrole nitrogens is 1. The molecule has 0 bridgehead atoms. The lowest BCUT2D eigenvalue weighted by Crippen LogP contribution is -2.47. The second kappa shape index (κ2) is 11.3. The summed E-state index contributed by atoms with van der Waals surface area (Å²) in [5.41, 5.74) is 11.7.